The van der Waals surface area contributed by atoms with Crippen molar-refractivity contribution in [2.45, 2.75) is 65.1 Å². The molecule has 5 nitrogen and oxygen atoms in total. The first-order valence-corrected chi connectivity index (χ1v) is 12.3. The lowest BCUT2D eigenvalue weighted by Crippen LogP contribution is -2.48. The van der Waals surface area contributed by atoms with Crippen molar-refractivity contribution >= 4 is 5.82 Å². The third kappa shape index (κ3) is 4.78. The van der Waals surface area contributed by atoms with E-state index in [2.05, 4.69) is 58.9 Å². The minimum absolute atomic E-state index is 0.761. The van der Waals surface area contributed by atoms with Crippen molar-refractivity contribution in [3.05, 3.63) is 53.0 Å². The number of benzene rings is 1. The van der Waals surface area contributed by atoms with Crippen LogP contribution in [-0.4, -0.2) is 58.5 Å². The zero-order valence-electron chi connectivity index (χ0n) is 19.3. The molecule has 0 atom stereocenters. The highest BCUT2D eigenvalue weighted by Gasteiger charge is 2.30. The van der Waals surface area contributed by atoms with Crippen LogP contribution >= 0.6 is 0 Å². The molecule has 0 saturated carbocycles. The summed E-state index contributed by atoms with van der Waals surface area (Å²) in [6, 6.07) is 11.6. The second kappa shape index (κ2) is 9.25. The first-order chi connectivity index (χ1) is 15.2. The number of aryl methyl sites for hydroxylation is 1. The molecule has 0 amide bonds. The summed E-state index contributed by atoms with van der Waals surface area (Å²) < 4.78 is 0. The van der Waals surface area contributed by atoms with Crippen LogP contribution in [0.1, 0.15) is 55.3 Å². The van der Waals surface area contributed by atoms with Gasteiger partial charge in [0.25, 0.3) is 0 Å². The maximum atomic E-state index is 4.97. The van der Waals surface area contributed by atoms with Crippen LogP contribution in [0.5, 0.6) is 0 Å². The zero-order chi connectivity index (χ0) is 21.2. The molecule has 1 aromatic carbocycles. The van der Waals surface area contributed by atoms with E-state index in [0.29, 0.717) is 0 Å². The third-order valence-electron chi connectivity index (χ3n) is 7.58. The number of likely N-dealkylation sites (tertiary alicyclic amines) is 1. The van der Waals surface area contributed by atoms with Crippen LogP contribution in [0.25, 0.3) is 0 Å². The minimum Gasteiger partial charge on any atom is -0.356 e. The first-order valence-electron chi connectivity index (χ1n) is 12.3. The molecule has 31 heavy (non-hydrogen) atoms. The van der Waals surface area contributed by atoms with E-state index in [4.69, 9.17) is 9.97 Å². The van der Waals surface area contributed by atoms with Gasteiger partial charge in [0.05, 0.1) is 5.69 Å². The Kier molecular flexibility index (Phi) is 6.24. The van der Waals surface area contributed by atoms with E-state index in [1.807, 2.05) is 0 Å². The van der Waals surface area contributed by atoms with Crippen molar-refractivity contribution in [3.8, 4) is 0 Å². The Morgan fingerprint density at radius 1 is 0.903 bits per heavy atom. The molecule has 0 bridgehead atoms. The smallest absolute Gasteiger partial charge is 0.137 e. The summed E-state index contributed by atoms with van der Waals surface area (Å²) in [5, 5.41) is 0. The first kappa shape index (κ1) is 20.9. The molecule has 0 unspecified atom stereocenters. The van der Waals surface area contributed by atoms with Gasteiger partial charge in [0.1, 0.15) is 11.6 Å². The van der Waals surface area contributed by atoms with E-state index < -0.39 is 0 Å². The van der Waals surface area contributed by atoms with E-state index in [1.165, 1.54) is 61.4 Å². The van der Waals surface area contributed by atoms with Gasteiger partial charge >= 0.3 is 0 Å². The molecule has 2 fully saturated rings. The number of aromatic nitrogens is 2. The fraction of sp³-hybridized carbons (Fsp3) is 0.615. The molecule has 2 saturated heterocycles. The van der Waals surface area contributed by atoms with Crippen molar-refractivity contribution in [2.75, 3.05) is 37.6 Å². The van der Waals surface area contributed by atoms with Gasteiger partial charge in [-0.1, -0.05) is 37.3 Å². The molecule has 1 aromatic heterocycles. The quantitative estimate of drug-likeness (QED) is 0.747. The topological polar surface area (TPSA) is 35.5 Å². The monoisotopic (exact) mass is 419 g/mol. The highest BCUT2D eigenvalue weighted by Crippen LogP contribution is 2.31. The van der Waals surface area contributed by atoms with Gasteiger partial charge in [0, 0.05) is 50.7 Å². The molecule has 5 heteroatoms. The number of hydrogen-bond donors (Lipinski definition) is 0. The molecule has 0 N–H and O–H groups in total. The number of fused-ring (bicyclic) bond motifs is 1. The number of rotatable bonds is 4. The third-order valence-corrected chi connectivity index (χ3v) is 7.58. The van der Waals surface area contributed by atoms with Crippen LogP contribution in [0.15, 0.2) is 30.3 Å². The lowest BCUT2D eigenvalue weighted by molar-refractivity contribution is 0.120. The summed E-state index contributed by atoms with van der Waals surface area (Å²) in [6.07, 6.45) is 6.30. The molecular formula is C26H37N5. The Bertz CT molecular complexity index is 867. The summed E-state index contributed by atoms with van der Waals surface area (Å²) in [6.45, 7) is 12.3. The van der Waals surface area contributed by atoms with E-state index in [1.54, 1.807) is 0 Å². The number of anilines is 1. The summed E-state index contributed by atoms with van der Waals surface area (Å²) in [7, 11) is 0. The maximum absolute atomic E-state index is 4.97. The van der Waals surface area contributed by atoms with Gasteiger partial charge in [-0.3, -0.25) is 4.90 Å². The molecule has 166 valence electrons. The van der Waals surface area contributed by atoms with E-state index >= 15 is 0 Å². The summed E-state index contributed by atoms with van der Waals surface area (Å²) in [4.78, 5) is 17.7. The summed E-state index contributed by atoms with van der Waals surface area (Å²) in [5.41, 5.74) is 4.04. The fourth-order valence-corrected chi connectivity index (χ4v) is 5.65. The molecule has 5 rings (SSSR count). The van der Waals surface area contributed by atoms with Crippen LogP contribution < -0.4 is 4.90 Å². The lowest BCUT2D eigenvalue weighted by Gasteiger charge is -2.42. The van der Waals surface area contributed by atoms with E-state index in [-0.39, 0.29) is 0 Å². The van der Waals surface area contributed by atoms with Crippen molar-refractivity contribution < 1.29 is 0 Å². The number of nitrogens with zero attached hydrogens (tertiary/aromatic N) is 5. The maximum Gasteiger partial charge on any atom is 0.137 e. The molecule has 4 heterocycles. The predicted molar refractivity (Wildman–Crippen MR) is 126 cm³/mol. The Labute approximate surface area is 187 Å². The van der Waals surface area contributed by atoms with Gasteiger partial charge in [-0.05, 0) is 57.2 Å². The Hall–Kier alpha value is -1.98. The van der Waals surface area contributed by atoms with E-state index in [0.717, 1.165) is 56.9 Å². The highest BCUT2D eigenvalue weighted by molar-refractivity contribution is 5.50. The van der Waals surface area contributed by atoms with Crippen LogP contribution in [0, 0.1) is 12.8 Å². The largest absolute Gasteiger partial charge is 0.356 e. The Morgan fingerprint density at radius 3 is 2.39 bits per heavy atom. The average Bonchev–Trinajstić information content (AvgIpc) is 2.80. The fourth-order valence-electron chi connectivity index (χ4n) is 5.65. The average molecular weight is 420 g/mol. The molecule has 2 aromatic rings. The van der Waals surface area contributed by atoms with Crippen molar-refractivity contribution in [1.29, 1.82) is 0 Å². The molecule has 0 aliphatic carbocycles. The van der Waals surface area contributed by atoms with Gasteiger partial charge < -0.3 is 9.80 Å². The molecule has 3 aliphatic rings. The van der Waals surface area contributed by atoms with Crippen LogP contribution in [-0.2, 0) is 19.5 Å². The van der Waals surface area contributed by atoms with Crippen molar-refractivity contribution in [2.24, 2.45) is 5.92 Å². The van der Waals surface area contributed by atoms with Gasteiger partial charge in [-0.2, -0.15) is 0 Å². The van der Waals surface area contributed by atoms with Crippen LogP contribution in [0.2, 0.25) is 0 Å². The molecule has 3 aliphatic heterocycles. The normalized spacial score (nSPS) is 21.9. The van der Waals surface area contributed by atoms with Crippen molar-refractivity contribution in [3.63, 3.8) is 0 Å². The Morgan fingerprint density at radius 2 is 1.65 bits per heavy atom. The van der Waals surface area contributed by atoms with Gasteiger partial charge in [-0.15, -0.1) is 0 Å². The molecular weight excluding hydrogens is 382 g/mol. The van der Waals surface area contributed by atoms with Crippen LogP contribution in [0.3, 0.4) is 0 Å². The highest BCUT2D eigenvalue weighted by atomic mass is 15.2. The SMILES string of the molecule is Cc1nc2c(c(N3CCC(N4CCC(C)CC4)CC3)n1)CN(Cc1ccccc1)CC2. The van der Waals surface area contributed by atoms with Gasteiger partial charge in [-0.25, -0.2) is 9.97 Å². The minimum atomic E-state index is 0.761. The summed E-state index contributed by atoms with van der Waals surface area (Å²) >= 11 is 0. The van der Waals surface area contributed by atoms with Gasteiger partial charge in [0.15, 0.2) is 0 Å². The van der Waals surface area contributed by atoms with E-state index in [9.17, 15) is 0 Å². The predicted octanol–water partition coefficient (Wildman–Crippen LogP) is 4.04. The molecule has 0 spiro atoms. The second-order valence-electron chi connectivity index (χ2n) is 9.90. The Balaban J connectivity index is 1.28. The molecule has 0 radical (unpaired) electrons. The second-order valence-corrected chi connectivity index (χ2v) is 9.90. The number of hydrogen-bond acceptors (Lipinski definition) is 5. The van der Waals surface area contributed by atoms with Crippen molar-refractivity contribution in [1.82, 2.24) is 19.8 Å². The zero-order valence-corrected chi connectivity index (χ0v) is 19.3. The van der Waals surface area contributed by atoms with Crippen LogP contribution in [0.4, 0.5) is 5.82 Å². The summed E-state index contributed by atoms with van der Waals surface area (Å²) in [5.74, 6) is 3.05. The van der Waals surface area contributed by atoms with Gasteiger partial charge in [0.2, 0.25) is 0 Å². The number of piperidine rings is 2. The standard InChI is InChI=1S/C26H37N5/c1-20-8-14-30(15-9-20)23-10-16-31(17-11-23)26-24-19-29(18-22-6-4-3-5-7-22)13-12-25(24)27-21(2)28-26/h3-7,20,23H,8-19H2,1-2H3. The lowest BCUT2D eigenvalue weighted by atomic mass is 9.94.